The van der Waals surface area contributed by atoms with Crippen LogP contribution in [0.1, 0.15) is 50.5 Å². The van der Waals surface area contributed by atoms with Crippen molar-refractivity contribution in [3.05, 3.63) is 36.0 Å². The van der Waals surface area contributed by atoms with Gasteiger partial charge < -0.3 is 15.0 Å². The first-order valence-corrected chi connectivity index (χ1v) is 10.1. The molecule has 1 N–H and O–H groups in total. The van der Waals surface area contributed by atoms with Crippen molar-refractivity contribution in [1.29, 1.82) is 0 Å². The van der Waals surface area contributed by atoms with Gasteiger partial charge >= 0.3 is 6.03 Å². The number of urea groups is 1. The number of ether oxygens (including phenoxy) is 1. The van der Waals surface area contributed by atoms with Gasteiger partial charge in [0.05, 0.1) is 7.11 Å². The fourth-order valence-corrected chi connectivity index (χ4v) is 4.57. The highest BCUT2D eigenvalue weighted by Crippen LogP contribution is 2.48. The molecule has 1 aromatic carbocycles. The van der Waals surface area contributed by atoms with E-state index in [0.29, 0.717) is 12.5 Å². The van der Waals surface area contributed by atoms with Crippen LogP contribution in [0.3, 0.4) is 0 Å². The lowest BCUT2D eigenvalue weighted by atomic mass is 9.82. The van der Waals surface area contributed by atoms with Gasteiger partial charge in [0, 0.05) is 30.7 Å². The molecule has 0 radical (unpaired) electrons. The number of hydrogen-bond acceptors (Lipinski definition) is 3. The second-order valence-corrected chi connectivity index (χ2v) is 8.10. The largest absolute Gasteiger partial charge is 0.494 e. The van der Waals surface area contributed by atoms with Gasteiger partial charge in [-0.2, -0.15) is 0 Å². The van der Waals surface area contributed by atoms with Gasteiger partial charge in [0.15, 0.2) is 0 Å². The molecule has 0 atom stereocenters. The van der Waals surface area contributed by atoms with Gasteiger partial charge in [-0.3, -0.25) is 4.98 Å². The number of methoxy groups -OCH3 is 1. The van der Waals surface area contributed by atoms with E-state index in [1.165, 1.54) is 32.1 Å². The number of aromatic nitrogens is 1. The maximum absolute atomic E-state index is 12.9. The summed E-state index contributed by atoms with van der Waals surface area (Å²) in [4.78, 5) is 19.1. The summed E-state index contributed by atoms with van der Waals surface area (Å²) >= 11 is 0. The fraction of sp³-hybridized carbons (Fsp3) is 0.545. The van der Waals surface area contributed by atoms with Crippen LogP contribution in [0.5, 0.6) is 5.75 Å². The average Bonchev–Trinajstić information content (AvgIpc) is 3.49. The molecule has 0 aliphatic heterocycles. The van der Waals surface area contributed by atoms with Crippen molar-refractivity contribution in [2.24, 2.45) is 5.92 Å². The number of carbonyl (C=O) groups is 1. The van der Waals surface area contributed by atoms with Crippen molar-refractivity contribution in [2.45, 2.75) is 57.0 Å². The molecule has 0 bridgehead atoms. The van der Waals surface area contributed by atoms with Crippen molar-refractivity contribution in [2.75, 3.05) is 14.2 Å². The number of rotatable bonds is 5. The molecule has 0 spiro atoms. The van der Waals surface area contributed by atoms with Crippen molar-refractivity contribution in [3.8, 4) is 5.75 Å². The monoisotopic (exact) mass is 367 g/mol. The Morgan fingerprint density at radius 2 is 2.04 bits per heavy atom. The van der Waals surface area contributed by atoms with Gasteiger partial charge in [-0.1, -0.05) is 31.4 Å². The Bertz CT molecular complexity index is 825. The molecule has 27 heavy (non-hydrogen) atoms. The molecular weight excluding hydrogens is 338 g/mol. The van der Waals surface area contributed by atoms with Crippen LogP contribution in [-0.4, -0.2) is 35.6 Å². The summed E-state index contributed by atoms with van der Waals surface area (Å²) in [6, 6.07) is 7.96. The van der Waals surface area contributed by atoms with Crippen LogP contribution in [0.4, 0.5) is 4.79 Å². The van der Waals surface area contributed by atoms with Gasteiger partial charge in [-0.25, -0.2) is 4.79 Å². The van der Waals surface area contributed by atoms with Gasteiger partial charge in [-0.15, -0.1) is 0 Å². The highest BCUT2D eigenvalue weighted by molar-refractivity contribution is 5.87. The molecule has 5 heteroatoms. The minimum absolute atomic E-state index is 0.0333. The number of amides is 2. The third kappa shape index (κ3) is 3.60. The molecule has 4 rings (SSSR count). The standard InChI is InChI=1S/C22H29N3O2/c1-25(21(26)24-22(12-13-22)17-7-4-3-5-8-17)15-16-10-11-19(27-2)20-18(16)9-6-14-23-20/h6,9-11,14,17H,3-5,7-8,12-13,15H2,1-2H3,(H,24,26). The highest BCUT2D eigenvalue weighted by atomic mass is 16.5. The Hall–Kier alpha value is -2.30. The third-order valence-corrected chi connectivity index (χ3v) is 6.33. The zero-order valence-electron chi connectivity index (χ0n) is 16.3. The molecule has 1 aromatic heterocycles. The van der Waals surface area contributed by atoms with Gasteiger partial charge in [0.25, 0.3) is 0 Å². The smallest absolute Gasteiger partial charge is 0.317 e. The quantitative estimate of drug-likeness (QED) is 0.847. The molecule has 5 nitrogen and oxygen atoms in total. The van der Waals surface area contributed by atoms with E-state index in [-0.39, 0.29) is 11.6 Å². The normalized spacial score (nSPS) is 18.9. The minimum atomic E-state index is 0.0333. The molecule has 2 aliphatic carbocycles. The minimum Gasteiger partial charge on any atom is -0.494 e. The molecule has 144 valence electrons. The molecule has 2 aromatic rings. The maximum Gasteiger partial charge on any atom is 0.317 e. The van der Waals surface area contributed by atoms with Crippen LogP contribution < -0.4 is 10.1 Å². The summed E-state index contributed by atoms with van der Waals surface area (Å²) in [5.74, 6) is 1.42. The summed E-state index contributed by atoms with van der Waals surface area (Å²) in [6.45, 7) is 0.554. The zero-order chi connectivity index (χ0) is 18.9. The molecule has 2 aliphatic rings. The Kier molecular flexibility index (Phi) is 4.94. The van der Waals surface area contributed by atoms with E-state index in [9.17, 15) is 4.79 Å². The lowest BCUT2D eigenvalue weighted by molar-refractivity contribution is 0.186. The van der Waals surface area contributed by atoms with Crippen LogP contribution in [-0.2, 0) is 6.54 Å². The van der Waals surface area contributed by atoms with E-state index < -0.39 is 0 Å². The predicted molar refractivity (Wildman–Crippen MR) is 107 cm³/mol. The van der Waals surface area contributed by atoms with Crippen molar-refractivity contribution in [1.82, 2.24) is 15.2 Å². The van der Waals surface area contributed by atoms with E-state index in [1.807, 2.05) is 31.3 Å². The Balaban J connectivity index is 1.47. The lowest BCUT2D eigenvalue weighted by Gasteiger charge is -2.32. The van der Waals surface area contributed by atoms with Crippen molar-refractivity contribution in [3.63, 3.8) is 0 Å². The summed E-state index contributed by atoms with van der Waals surface area (Å²) in [6.07, 6.45) is 10.5. The van der Waals surface area contributed by atoms with Crippen LogP contribution in [0, 0.1) is 5.92 Å². The number of pyridine rings is 1. The SMILES string of the molecule is COc1ccc(CN(C)C(=O)NC2(C3CCCCC3)CC2)c2cccnc12. The number of carbonyl (C=O) groups excluding carboxylic acids is 1. The van der Waals surface area contributed by atoms with Crippen LogP contribution in [0.25, 0.3) is 10.9 Å². The van der Waals surface area contributed by atoms with Gasteiger partial charge in [0.2, 0.25) is 0 Å². The average molecular weight is 367 g/mol. The van der Waals surface area contributed by atoms with Gasteiger partial charge in [0.1, 0.15) is 11.3 Å². The summed E-state index contributed by atoms with van der Waals surface area (Å²) in [5, 5.41) is 4.41. The lowest BCUT2D eigenvalue weighted by Crippen LogP contribution is -2.48. The summed E-state index contributed by atoms with van der Waals surface area (Å²) < 4.78 is 5.42. The first-order chi connectivity index (χ1) is 13.1. The molecule has 2 fully saturated rings. The van der Waals surface area contributed by atoms with Crippen molar-refractivity contribution < 1.29 is 9.53 Å². The molecule has 1 heterocycles. The zero-order valence-corrected chi connectivity index (χ0v) is 16.3. The summed E-state index contributed by atoms with van der Waals surface area (Å²) in [5.41, 5.74) is 1.99. The second-order valence-electron chi connectivity index (χ2n) is 8.10. The molecule has 2 amide bonds. The van der Waals surface area contributed by atoms with Gasteiger partial charge in [-0.05, 0) is 49.3 Å². The number of benzene rings is 1. The van der Waals surface area contributed by atoms with E-state index >= 15 is 0 Å². The number of nitrogens with zero attached hydrogens (tertiary/aromatic N) is 2. The van der Waals surface area contributed by atoms with Crippen LogP contribution in [0.2, 0.25) is 0 Å². The molecule has 0 saturated heterocycles. The maximum atomic E-state index is 12.9. The van der Waals surface area contributed by atoms with Crippen molar-refractivity contribution >= 4 is 16.9 Å². The summed E-state index contributed by atoms with van der Waals surface area (Å²) in [7, 11) is 3.53. The first-order valence-electron chi connectivity index (χ1n) is 10.1. The van der Waals surface area contributed by atoms with Crippen LogP contribution in [0.15, 0.2) is 30.5 Å². The Morgan fingerprint density at radius 3 is 2.74 bits per heavy atom. The third-order valence-electron chi connectivity index (χ3n) is 6.33. The van der Waals surface area contributed by atoms with E-state index in [2.05, 4.69) is 10.3 Å². The molecule has 0 unspecified atom stereocenters. The number of fused-ring (bicyclic) bond motifs is 1. The van der Waals surface area contributed by atoms with E-state index in [1.54, 1.807) is 18.2 Å². The second kappa shape index (κ2) is 7.37. The molecule has 2 saturated carbocycles. The highest BCUT2D eigenvalue weighted by Gasteiger charge is 2.50. The molecular formula is C22H29N3O2. The van der Waals surface area contributed by atoms with E-state index in [0.717, 1.165) is 35.1 Å². The Morgan fingerprint density at radius 1 is 1.26 bits per heavy atom. The number of hydrogen-bond donors (Lipinski definition) is 1. The van der Waals surface area contributed by atoms with Crippen LogP contribution >= 0.6 is 0 Å². The fourth-order valence-electron chi connectivity index (χ4n) is 4.57. The van der Waals surface area contributed by atoms with E-state index in [4.69, 9.17) is 4.74 Å². The Labute approximate surface area is 161 Å². The predicted octanol–water partition coefficient (Wildman–Crippen LogP) is 4.50. The number of nitrogens with one attached hydrogen (secondary N) is 1. The first kappa shape index (κ1) is 18.1. The topological polar surface area (TPSA) is 54.5 Å².